The number of nitrogens with one attached hydrogen (secondary N) is 1. The number of carbonyl (C=O) groups is 1. The van der Waals surface area contributed by atoms with Crippen molar-refractivity contribution in [3.05, 3.63) is 17.5 Å². The molecule has 1 aliphatic rings. The molecule has 1 aromatic heterocycles. The Morgan fingerprint density at radius 3 is 3.21 bits per heavy atom. The first-order valence-electron chi connectivity index (χ1n) is 4.93. The van der Waals surface area contributed by atoms with E-state index >= 15 is 0 Å². The van der Waals surface area contributed by atoms with E-state index in [1.807, 2.05) is 17.9 Å². The van der Waals surface area contributed by atoms with E-state index in [9.17, 15) is 4.79 Å². The van der Waals surface area contributed by atoms with E-state index < -0.39 is 0 Å². The predicted octanol–water partition coefficient (Wildman–Crippen LogP) is 0.413. The number of carbonyl (C=O) groups excluding carboxylic acids is 1. The Morgan fingerprint density at radius 2 is 2.50 bits per heavy atom. The third-order valence-electron chi connectivity index (χ3n) is 2.60. The van der Waals surface area contributed by atoms with Gasteiger partial charge in [0, 0.05) is 26.2 Å². The van der Waals surface area contributed by atoms with Crippen molar-refractivity contribution in [3.8, 4) is 0 Å². The van der Waals surface area contributed by atoms with Crippen LogP contribution in [0.15, 0.2) is 6.20 Å². The summed E-state index contributed by atoms with van der Waals surface area (Å²) >= 11 is 0. The molecule has 0 saturated heterocycles. The Bertz CT molecular complexity index is 356. The lowest BCUT2D eigenvalue weighted by atomic mass is 9.93. The van der Waals surface area contributed by atoms with Crippen LogP contribution < -0.4 is 5.32 Å². The van der Waals surface area contributed by atoms with Gasteiger partial charge in [-0.2, -0.15) is 5.10 Å². The van der Waals surface area contributed by atoms with E-state index in [-0.39, 0.29) is 5.91 Å². The fraction of sp³-hybridized carbons (Fsp3) is 0.600. The highest BCUT2D eigenvalue weighted by atomic mass is 16.1. The maximum atomic E-state index is 10.9. The second-order valence-corrected chi connectivity index (χ2v) is 3.91. The van der Waals surface area contributed by atoms with Crippen LogP contribution in [-0.4, -0.2) is 21.7 Å². The highest BCUT2D eigenvalue weighted by Gasteiger charge is 2.21. The Balaban J connectivity index is 2.09. The van der Waals surface area contributed by atoms with E-state index in [0.29, 0.717) is 6.04 Å². The van der Waals surface area contributed by atoms with Crippen molar-refractivity contribution in [2.45, 2.75) is 32.2 Å². The second kappa shape index (κ2) is 3.44. The zero-order valence-electron chi connectivity index (χ0n) is 8.58. The van der Waals surface area contributed by atoms with Crippen molar-refractivity contribution >= 4 is 5.91 Å². The maximum Gasteiger partial charge on any atom is 0.217 e. The van der Waals surface area contributed by atoms with Gasteiger partial charge in [0.25, 0.3) is 0 Å². The zero-order chi connectivity index (χ0) is 10.1. The van der Waals surface area contributed by atoms with Gasteiger partial charge in [-0.1, -0.05) is 0 Å². The van der Waals surface area contributed by atoms with E-state index in [4.69, 9.17) is 0 Å². The van der Waals surface area contributed by atoms with Crippen molar-refractivity contribution < 1.29 is 4.79 Å². The van der Waals surface area contributed by atoms with Gasteiger partial charge in [0.2, 0.25) is 5.91 Å². The molecule has 1 unspecified atom stereocenters. The highest BCUT2D eigenvalue weighted by molar-refractivity contribution is 5.73. The molecule has 0 radical (unpaired) electrons. The molecule has 0 aliphatic heterocycles. The van der Waals surface area contributed by atoms with Crippen LogP contribution >= 0.6 is 0 Å². The van der Waals surface area contributed by atoms with Crippen LogP contribution in [0, 0.1) is 0 Å². The molecule has 0 saturated carbocycles. The van der Waals surface area contributed by atoms with E-state index in [0.717, 1.165) is 19.3 Å². The van der Waals surface area contributed by atoms with Gasteiger partial charge >= 0.3 is 0 Å². The molecule has 2 rings (SSSR count). The minimum atomic E-state index is 0.0577. The number of amides is 1. The Morgan fingerprint density at radius 1 is 1.71 bits per heavy atom. The van der Waals surface area contributed by atoms with Gasteiger partial charge in [0.15, 0.2) is 0 Å². The number of nitrogens with zero attached hydrogens (tertiary/aromatic N) is 2. The molecule has 76 valence electrons. The van der Waals surface area contributed by atoms with Crippen LogP contribution in [0.25, 0.3) is 0 Å². The number of aromatic nitrogens is 2. The molecule has 14 heavy (non-hydrogen) atoms. The Labute approximate surface area is 83.3 Å². The van der Waals surface area contributed by atoms with Gasteiger partial charge in [-0.15, -0.1) is 0 Å². The topological polar surface area (TPSA) is 46.9 Å². The summed E-state index contributed by atoms with van der Waals surface area (Å²) in [6, 6.07) is 0.296. The van der Waals surface area contributed by atoms with Crippen LogP contribution in [0.3, 0.4) is 0 Å². The van der Waals surface area contributed by atoms with Crippen LogP contribution in [0.5, 0.6) is 0 Å². The predicted molar refractivity (Wildman–Crippen MR) is 52.8 cm³/mol. The molecule has 1 aliphatic carbocycles. The molecule has 4 nitrogen and oxygen atoms in total. The molecule has 1 amide bonds. The van der Waals surface area contributed by atoms with Gasteiger partial charge < -0.3 is 5.32 Å². The Kier molecular flexibility index (Phi) is 2.27. The van der Waals surface area contributed by atoms with Crippen molar-refractivity contribution in [3.63, 3.8) is 0 Å². The van der Waals surface area contributed by atoms with Gasteiger partial charge in [-0.25, -0.2) is 0 Å². The SMILES string of the molecule is CC(=O)NC1CCc2nn(C)cc2C1. The van der Waals surface area contributed by atoms with Gasteiger partial charge in [0.05, 0.1) is 5.69 Å². The summed E-state index contributed by atoms with van der Waals surface area (Å²) in [5.41, 5.74) is 2.46. The molecule has 1 aromatic rings. The van der Waals surface area contributed by atoms with Gasteiger partial charge in [0.1, 0.15) is 0 Å². The van der Waals surface area contributed by atoms with Crippen molar-refractivity contribution in [1.82, 2.24) is 15.1 Å². The van der Waals surface area contributed by atoms with Crippen LogP contribution in [0.4, 0.5) is 0 Å². The lowest BCUT2D eigenvalue weighted by molar-refractivity contribution is -0.119. The largest absolute Gasteiger partial charge is 0.353 e. The van der Waals surface area contributed by atoms with Crippen molar-refractivity contribution in [2.75, 3.05) is 0 Å². The van der Waals surface area contributed by atoms with E-state index in [2.05, 4.69) is 10.4 Å². The molecule has 1 N–H and O–H groups in total. The monoisotopic (exact) mass is 193 g/mol. The molecule has 4 heteroatoms. The quantitative estimate of drug-likeness (QED) is 0.702. The lowest BCUT2D eigenvalue weighted by Gasteiger charge is -2.21. The molecule has 0 fully saturated rings. The first-order chi connectivity index (χ1) is 6.65. The van der Waals surface area contributed by atoms with Gasteiger partial charge in [-0.3, -0.25) is 9.48 Å². The lowest BCUT2D eigenvalue weighted by Crippen LogP contribution is -2.37. The van der Waals surface area contributed by atoms with Crippen molar-refractivity contribution in [2.24, 2.45) is 7.05 Å². The first-order valence-corrected chi connectivity index (χ1v) is 4.93. The summed E-state index contributed by atoms with van der Waals surface area (Å²) in [5.74, 6) is 0.0577. The summed E-state index contributed by atoms with van der Waals surface area (Å²) in [6.07, 6.45) is 4.94. The molecular formula is C10H15N3O. The normalized spacial score (nSPS) is 20.3. The average Bonchev–Trinajstić information content (AvgIpc) is 2.42. The molecule has 0 aromatic carbocycles. The fourth-order valence-electron chi connectivity index (χ4n) is 2.05. The van der Waals surface area contributed by atoms with Crippen LogP contribution in [-0.2, 0) is 24.7 Å². The van der Waals surface area contributed by atoms with Crippen LogP contribution in [0.2, 0.25) is 0 Å². The zero-order valence-corrected chi connectivity index (χ0v) is 8.58. The van der Waals surface area contributed by atoms with E-state index in [1.54, 1.807) is 6.92 Å². The number of fused-ring (bicyclic) bond motifs is 1. The van der Waals surface area contributed by atoms with Crippen molar-refractivity contribution in [1.29, 1.82) is 0 Å². The number of hydrogen-bond acceptors (Lipinski definition) is 2. The molecule has 1 heterocycles. The maximum absolute atomic E-state index is 10.9. The minimum Gasteiger partial charge on any atom is -0.353 e. The third-order valence-corrected chi connectivity index (χ3v) is 2.60. The Hall–Kier alpha value is -1.32. The second-order valence-electron chi connectivity index (χ2n) is 3.91. The summed E-state index contributed by atoms with van der Waals surface area (Å²) in [6.45, 7) is 1.57. The smallest absolute Gasteiger partial charge is 0.217 e. The average molecular weight is 193 g/mol. The van der Waals surface area contributed by atoms with E-state index in [1.165, 1.54) is 11.3 Å². The van der Waals surface area contributed by atoms with Crippen LogP contribution in [0.1, 0.15) is 24.6 Å². The number of aryl methyl sites for hydroxylation is 2. The molecule has 0 spiro atoms. The molecule has 0 bridgehead atoms. The fourth-order valence-corrected chi connectivity index (χ4v) is 2.05. The summed E-state index contributed by atoms with van der Waals surface area (Å²) < 4.78 is 1.85. The summed E-state index contributed by atoms with van der Waals surface area (Å²) in [7, 11) is 1.94. The van der Waals surface area contributed by atoms with Gasteiger partial charge in [-0.05, 0) is 24.8 Å². The third kappa shape index (κ3) is 1.78. The summed E-state index contributed by atoms with van der Waals surface area (Å²) in [4.78, 5) is 10.9. The number of hydrogen-bond donors (Lipinski definition) is 1. The standard InChI is InChI=1S/C10H15N3O/c1-7(14)11-9-3-4-10-8(5-9)6-13(2)12-10/h6,9H,3-5H2,1-2H3,(H,11,14). The highest BCUT2D eigenvalue weighted by Crippen LogP contribution is 2.19. The molecular weight excluding hydrogens is 178 g/mol. The first kappa shape index (κ1) is 9.24. The molecule has 1 atom stereocenters. The summed E-state index contributed by atoms with van der Waals surface area (Å²) in [5, 5.41) is 7.32. The number of rotatable bonds is 1. The minimum absolute atomic E-state index is 0.0577.